The van der Waals surface area contributed by atoms with Crippen molar-refractivity contribution in [2.24, 2.45) is 5.10 Å². The van der Waals surface area contributed by atoms with Crippen molar-refractivity contribution in [1.29, 1.82) is 0 Å². The monoisotopic (exact) mass is 408 g/mol. The van der Waals surface area contributed by atoms with Gasteiger partial charge in [0, 0.05) is 10.6 Å². The van der Waals surface area contributed by atoms with E-state index in [0.29, 0.717) is 27.6 Å². The number of ether oxygens (including phenoxy) is 1. The number of anilines is 1. The van der Waals surface area contributed by atoms with E-state index in [9.17, 15) is 13.2 Å². The molecule has 28 heavy (non-hydrogen) atoms. The fourth-order valence-corrected chi connectivity index (χ4v) is 2.65. The summed E-state index contributed by atoms with van der Waals surface area (Å²) in [5.41, 5.74) is 6.67. The van der Waals surface area contributed by atoms with Crippen LogP contribution in [-0.2, 0) is 12.8 Å². The lowest BCUT2D eigenvalue weighted by Gasteiger charge is -2.12. The zero-order chi connectivity index (χ0) is 20.3. The summed E-state index contributed by atoms with van der Waals surface area (Å²) >= 11 is 6.04. The number of nitrogens with zero attached hydrogens (tertiary/aromatic N) is 3. The van der Waals surface area contributed by atoms with Gasteiger partial charge in [-0.2, -0.15) is 18.3 Å². The molecule has 0 fully saturated rings. The first-order valence-electron chi connectivity index (χ1n) is 8.16. The van der Waals surface area contributed by atoms with Crippen LogP contribution in [0.3, 0.4) is 0 Å². The molecular weight excluding hydrogens is 393 g/mol. The summed E-state index contributed by atoms with van der Waals surface area (Å²) in [4.78, 5) is 4.05. The number of imidazole rings is 1. The van der Waals surface area contributed by atoms with Gasteiger partial charge in [-0.15, -0.1) is 0 Å². The van der Waals surface area contributed by atoms with Crippen molar-refractivity contribution >= 4 is 23.8 Å². The lowest BCUT2D eigenvalue weighted by Crippen LogP contribution is -2.06. The van der Waals surface area contributed by atoms with Crippen molar-refractivity contribution in [3.8, 4) is 5.75 Å². The van der Waals surface area contributed by atoms with Gasteiger partial charge < -0.3 is 10.5 Å². The van der Waals surface area contributed by atoms with E-state index >= 15 is 0 Å². The van der Waals surface area contributed by atoms with Crippen molar-refractivity contribution in [3.63, 3.8) is 0 Å². The number of aromatic nitrogens is 2. The average molecular weight is 409 g/mol. The molecule has 3 rings (SSSR count). The Morgan fingerprint density at radius 3 is 2.71 bits per heavy atom. The first kappa shape index (κ1) is 19.8. The van der Waals surface area contributed by atoms with Crippen molar-refractivity contribution in [1.82, 2.24) is 9.66 Å². The molecule has 0 aliphatic heterocycles. The Balaban J connectivity index is 1.80. The number of nitrogen functional groups attached to an aromatic ring is 1. The van der Waals surface area contributed by atoms with E-state index < -0.39 is 11.7 Å². The molecule has 0 aliphatic rings. The van der Waals surface area contributed by atoms with E-state index in [0.717, 1.165) is 12.1 Å². The fourth-order valence-electron chi connectivity index (χ4n) is 2.47. The third-order valence-electron chi connectivity index (χ3n) is 3.78. The number of alkyl halides is 3. The first-order chi connectivity index (χ1) is 13.2. The Morgan fingerprint density at radius 2 is 2.04 bits per heavy atom. The minimum Gasteiger partial charge on any atom is -0.488 e. The van der Waals surface area contributed by atoms with Crippen LogP contribution in [0.25, 0.3) is 0 Å². The molecule has 0 atom stereocenters. The minimum atomic E-state index is -4.41. The average Bonchev–Trinajstić information content (AvgIpc) is 2.96. The number of hydrogen-bond acceptors (Lipinski definition) is 4. The highest BCUT2D eigenvalue weighted by Crippen LogP contribution is 2.30. The standard InChI is InChI=1S/C19H16ClF3N4O/c1-12-10-27(18(24)26-12)25-9-14-8-16(20)5-6-17(14)28-11-13-3-2-4-15(7-13)19(21,22)23/h2-10H,11H2,1H3,(H2,24,26). The molecule has 0 amide bonds. The number of nitrogens with two attached hydrogens (primary N) is 1. The number of halogens is 4. The maximum absolute atomic E-state index is 12.8. The van der Waals surface area contributed by atoms with Crippen LogP contribution in [0.15, 0.2) is 53.8 Å². The predicted molar refractivity (Wildman–Crippen MR) is 102 cm³/mol. The Bertz CT molecular complexity index is 1010. The second-order valence-corrected chi connectivity index (χ2v) is 6.44. The molecule has 1 heterocycles. The summed E-state index contributed by atoms with van der Waals surface area (Å²) in [6.45, 7) is 1.74. The molecule has 2 N–H and O–H groups in total. The van der Waals surface area contributed by atoms with Crippen LogP contribution in [-0.4, -0.2) is 15.9 Å². The Morgan fingerprint density at radius 1 is 1.25 bits per heavy atom. The predicted octanol–water partition coefficient (Wildman–Crippen LogP) is 4.91. The number of rotatable bonds is 5. The van der Waals surface area contributed by atoms with Gasteiger partial charge in [-0.25, -0.2) is 9.66 Å². The molecule has 1 aromatic heterocycles. The van der Waals surface area contributed by atoms with E-state index in [1.165, 1.54) is 17.0 Å². The van der Waals surface area contributed by atoms with Gasteiger partial charge in [0.2, 0.25) is 5.95 Å². The van der Waals surface area contributed by atoms with E-state index in [1.54, 1.807) is 37.4 Å². The molecule has 5 nitrogen and oxygen atoms in total. The topological polar surface area (TPSA) is 65.4 Å². The third-order valence-corrected chi connectivity index (χ3v) is 4.01. The Kier molecular flexibility index (Phi) is 5.60. The Hall–Kier alpha value is -3.00. The molecule has 0 spiro atoms. The van der Waals surface area contributed by atoms with E-state index in [4.69, 9.17) is 22.1 Å². The van der Waals surface area contributed by atoms with E-state index in [-0.39, 0.29) is 12.6 Å². The molecular formula is C19H16ClF3N4O. The maximum atomic E-state index is 12.8. The quantitative estimate of drug-likeness (QED) is 0.610. The van der Waals surface area contributed by atoms with Gasteiger partial charge in [-0.05, 0) is 42.8 Å². The van der Waals surface area contributed by atoms with Crippen molar-refractivity contribution in [3.05, 3.63) is 76.1 Å². The van der Waals surface area contributed by atoms with Crippen LogP contribution in [0.5, 0.6) is 5.75 Å². The summed E-state index contributed by atoms with van der Waals surface area (Å²) in [5, 5.41) is 4.68. The summed E-state index contributed by atoms with van der Waals surface area (Å²) in [7, 11) is 0. The van der Waals surface area contributed by atoms with Gasteiger partial charge in [0.1, 0.15) is 12.4 Å². The van der Waals surface area contributed by atoms with Gasteiger partial charge >= 0.3 is 6.18 Å². The largest absolute Gasteiger partial charge is 0.488 e. The van der Waals surface area contributed by atoms with Gasteiger partial charge in [-0.3, -0.25) is 0 Å². The lowest BCUT2D eigenvalue weighted by atomic mass is 10.1. The molecule has 9 heteroatoms. The molecule has 0 radical (unpaired) electrons. The SMILES string of the molecule is Cc1cn(N=Cc2cc(Cl)ccc2OCc2cccc(C(F)(F)F)c2)c(N)n1. The van der Waals surface area contributed by atoms with Gasteiger partial charge in [0.15, 0.2) is 0 Å². The van der Waals surface area contributed by atoms with Crippen LogP contribution in [0.4, 0.5) is 19.1 Å². The molecule has 2 aromatic carbocycles. The lowest BCUT2D eigenvalue weighted by molar-refractivity contribution is -0.137. The third kappa shape index (κ3) is 4.83. The van der Waals surface area contributed by atoms with Crippen LogP contribution in [0, 0.1) is 6.92 Å². The molecule has 3 aromatic rings. The summed E-state index contributed by atoms with van der Waals surface area (Å²) in [6, 6.07) is 9.85. The number of aryl methyl sites for hydroxylation is 1. The van der Waals surface area contributed by atoms with Crippen molar-refractivity contribution in [2.45, 2.75) is 19.7 Å². The summed E-state index contributed by atoms with van der Waals surface area (Å²) < 4.78 is 45.6. The van der Waals surface area contributed by atoms with E-state index in [1.807, 2.05) is 0 Å². The summed E-state index contributed by atoms with van der Waals surface area (Å²) in [6.07, 6.45) is -1.26. The Labute approximate surface area is 164 Å². The number of hydrogen-bond donors (Lipinski definition) is 1. The van der Waals surface area contributed by atoms with Crippen LogP contribution >= 0.6 is 11.6 Å². The highest BCUT2D eigenvalue weighted by molar-refractivity contribution is 6.30. The summed E-state index contributed by atoms with van der Waals surface area (Å²) in [5.74, 6) is 0.642. The van der Waals surface area contributed by atoms with Gasteiger partial charge in [-0.1, -0.05) is 23.7 Å². The van der Waals surface area contributed by atoms with Crippen LogP contribution in [0.1, 0.15) is 22.4 Å². The molecule has 0 saturated carbocycles. The smallest absolute Gasteiger partial charge is 0.416 e. The molecule has 0 saturated heterocycles. The number of benzene rings is 2. The van der Waals surface area contributed by atoms with E-state index in [2.05, 4.69) is 10.1 Å². The fraction of sp³-hybridized carbons (Fsp3) is 0.158. The zero-order valence-corrected chi connectivity index (χ0v) is 15.5. The first-order valence-corrected chi connectivity index (χ1v) is 8.54. The van der Waals surface area contributed by atoms with Crippen molar-refractivity contribution < 1.29 is 17.9 Å². The van der Waals surface area contributed by atoms with Crippen LogP contribution in [0.2, 0.25) is 5.02 Å². The van der Waals surface area contributed by atoms with Gasteiger partial charge in [0.05, 0.1) is 23.7 Å². The highest BCUT2D eigenvalue weighted by Gasteiger charge is 2.30. The second kappa shape index (κ2) is 7.93. The maximum Gasteiger partial charge on any atom is 0.416 e. The molecule has 0 bridgehead atoms. The highest BCUT2D eigenvalue weighted by atomic mass is 35.5. The molecule has 0 aliphatic carbocycles. The zero-order valence-electron chi connectivity index (χ0n) is 14.7. The van der Waals surface area contributed by atoms with Crippen molar-refractivity contribution in [2.75, 3.05) is 5.73 Å². The van der Waals surface area contributed by atoms with Crippen LogP contribution < -0.4 is 10.5 Å². The normalized spacial score (nSPS) is 11.9. The second-order valence-electron chi connectivity index (χ2n) is 6.00. The molecule has 0 unspecified atom stereocenters. The van der Waals surface area contributed by atoms with Gasteiger partial charge in [0.25, 0.3) is 0 Å². The molecule has 146 valence electrons. The minimum absolute atomic E-state index is 0.0429.